The van der Waals surface area contributed by atoms with Crippen molar-refractivity contribution in [3.8, 4) is 0 Å². The van der Waals surface area contributed by atoms with Crippen LogP contribution in [-0.2, 0) is 17.8 Å². The van der Waals surface area contributed by atoms with E-state index in [1.54, 1.807) is 13.1 Å². The smallest absolute Gasteiger partial charge is 0.152 e. The molecule has 0 aromatic heterocycles. The van der Waals surface area contributed by atoms with Gasteiger partial charge in [0.1, 0.15) is 0 Å². The van der Waals surface area contributed by atoms with Crippen molar-refractivity contribution >= 4 is 5.78 Å². The number of carbonyl (C=O) groups excluding carboxylic acids is 1. The molecule has 0 radical (unpaired) electrons. The minimum absolute atomic E-state index is 0.0397. The summed E-state index contributed by atoms with van der Waals surface area (Å²) in [6.07, 6.45) is 2.59. The molecule has 0 bridgehead atoms. The summed E-state index contributed by atoms with van der Waals surface area (Å²) in [4.78, 5) is 13.7. The van der Waals surface area contributed by atoms with Gasteiger partial charge in [0.25, 0.3) is 0 Å². The molecular formula is C15H19NO. The lowest BCUT2D eigenvalue weighted by molar-refractivity contribution is -0.121. The molecule has 1 aromatic rings. The molecule has 1 aliphatic heterocycles. The fourth-order valence-electron chi connectivity index (χ4n) is 2.47. The van der Waals surface area contributed by atoms with Gasteiger partial charge >= 0.3 is 0 Å². The van der Waals surface area contributed by atoms with E-state index in [-0.39, 0.29) is 11.8 Å². The van der Waals surface area contributed by atoms with Crippen molar-refractivity contribution in [1.29, 1.82) is 0 Å². The van der Waals surface area contributed by atoms with E-state index in [0.717, 1.165) is 13.0 Å². The van der Waals surface area contributed by atoms with Gasteiger partial charge < -0.3 is 4.90 Å². The number of Topliss-reactive ketones (excluding diaryl/α,β-unsaturated/α-hetero) is 1. The van der Waals surface area contributed by atoms with Crippen LogP contribution in [0, 0.1) is 13.8 Å². The lowest BCUT2D eigenvalue weighted by atomic mass is 9.89. The summed E-state index contributed by atoms with van der Waals surface area (Å²) in [5.41, 5.74) is 5.25. The van der Waals surface area contributed by atoms with Crippen molar-refractivity contribution < 1.29 is 4.79 Å². The molecule has 0 saturated carbocycles. The van der Waals surface area contributed by atoms with Gasteiger partial charge in [0.15, 0.2) is 5.78 Å². The summed E-state index contributed by atoms with van der Waals surface area (Å²) in [6.45, 7) is 10.5. The Kier molecular flexibility index (Phi) is 3.05. The standard InChI is InChI=1S/C15H19NO/c1-5-16-9-14-7-11(3)10(2)6-13(14)8-15(16)12(4)17/h5-7,15H,1,8-9H2,2-4H3. The van der Waals surface area contributed by atoms with Gasteiger partial charge in [-0.05, 0) is 49.2 Å². The van der Waals surface area contributed by atoms with E-state index in [9.17, 15) is 4.79 Å². The molecule has 0 N–H and O–H groups in total. The van der Waals surface area contributed by atoms with Gasteiger partial charge in [-0.15, -0.1) is 0 Å². The number of ketones is 1. The van der Waals surface area contributed by atoms with Crippen LogP contribution in [-0.4, -0.2) is 16.7 Å². The molecule has 2 heteroatoms. The number of hydrogen-bond donors (Lipinski definition) is 0. The van der Waals surface area contributed by atoms with Crippen molar-refractivity contribution in [2.75, 3.05) is 0 Å². The van der Waals surface area contributed by atoms with Gasteiger partial charge in [0.05, 0.1) is 6.04 Å². The predicted octanol–water partition coefficient (Wildman–Crippen LogP) is 2.76. The molecule has 1 heterocycles. The van der Waals surface area contributed by atoms with Crippen molar-refractivity contribution in [3.63, 3.8) is 0 Å². The molecular weight excluding hydrogens is 210 g/mol. The first-order chi connectivity index (χ1) is 8.02. The zero-order valence-corrected chi connectivity index (χ0v) is 10.8. The summed E-state index contributed by atoms with van der Waals surface area (Å²) >= 11 is 0. The molecule has 0 saturated heterocycles. The van der Waals surface area contributed by atoms with Crippen molar-refractivity contribution in [2.24, 2.45) is 0 Å². The second-order valence-corrected chi connectivity index (χ2v) is 4.89. The summed E-state index contributed by atoms with van der Waals surface area (Å²) < 4.78 is 0. The zero-order chi connectivity index (χ0) is 12.6. The SMILES string of the molecule is C=CN1Cc2cc(C)c(C)cc2CC1C(C)=O. The number of aryl methyl sites for hydroxylation is 2. The number of nitrogens with zero attached hydrogens (tertiary/aromatic N) is 1. The van der Waals surface area contributed by atoms with Crippen LogP contribution in [0.3, 0.4) is 0 Å². The molecule has 90 valence electrons. The topological polar surface area (TPSA) is 20.3 Å². The minimum atomic E-state index is -0.0397. The predicted molar refractivity (Wildman–Crippen MR) is 69.8 cm³/mol. The lowest BCUT2D eigenvalue weighted by Gasteiger charge is -2.35. The van der Waals surface area contributed by atoms with Crippen LogP contribution in [0.2, 0.25) is 0 Å². The van der Waals surface area contributed by atoms with Crippen LogP contribution in [0.15, 0.2) is 24.9 Å². The number of fused-ring (bicyclic) bond motifs is 1. The van der Waals surface area contributed by atoms with Crippen molar-refractivity contribution in [1.82, 2.24) is 4.90 Å². The summed E-state index contributed by atoms with van der Waals surface area (Å²) in [5.74, 6) is 0.216. The van der Waals surface area contributed by atoms with E-state index in [1.807, 2.05) is 4.90 Å². The highest BCUT2D eigenvalue weighted by Crippen LogP contribution is 2.26. The molecule has 1 unspecified atom stereocenters. The van der Waals surface area contributed by atoms with Crippen LogP contribution in [0.1, 0.15) is 29.2 Å². The van der Waals surface area contributed by atoms with Crippen LogP contribution >= 0.6 is 0 Å². The average Bonchev–Trinajstić information content (AvgIpc) is 2.29. The van der Waals surface area contributed by atoms with Gasteiger partial charge in [0.2, 0.25) is 0 Å². The van der Waals surface area contributed by atoms with Gasteiger partial charge in [-0.25, -0.2) is 0 Å². The largest absolute Gasteiger partial charge is 0.363 e. The van der Waals surface area contributed by atoms with Crippen LogP contribution in [0.25, 0.3) is 0 Å². The summed E-state index contributed by atoms with van der Waals surface area (Å²) in [6, 6.07) is 4.42. The first kappa shape index (κ1) is 11.9. The van der Waals surface area contributed by atoms with E-state index < -0.39 is 0 Å². The third kappa shape index (κ3) is 2.12. The molecule has 0 aliphatic carbocycles. The molecule has 2 nitrogen and oxygen atoms in total. The molecule has 1 aliphatic rings. The third-order valence-electron chi connectivity index (χ3n) is 3.69. The Morgan fingerprint density at radius 3 is 2.47 bits per heavy atom. The summed E-state index contributed by atoms with van der Waals surface area (Å²) in [5, 5.41) is 0. The fourth-order valence-corrected chi connectivity index (χ4v) is 2.47. The minimum Gasteiger partial charge on any atom is -0.363 e. The Hall–Kier alpha value is -1.57. The van der Waals surface area contributed by atoms with Crippen LogP contribution in [0.4, 0.5) is 0 Å². The Labute approximate surface area is 103 Å². The maximum absolute atomic E-state index is 11.6. The highest BCUT2D eigenvalue weighted by atomic mass is 16.1. The monoisotopic (exact) mass is 229 g/mol. The van der Waals surface area contributed by atoms with Gasteiger partial charge in [-0.2, -0.15) is 0 Å². The molecule has 1 atom stereocenters. The fraction of sp³-hybridized carbons (Fsp3) is 0.400. The molecule has 17 heavy (non-hydrogen) atoms. The molecule has 0 spiro atoms. The first-order valence-electron chi connectivity index (χ1n) is 6.00. The number of hydrogen-bond acceptors (Lipinski definition) is 2. The Balaban J connectivity index is 2.42. The van der Waals surface area contributed by atoms with Crippen LogP contribution in [0.5, 0.6) is 0 Å². The Morgan fingerprint density at radius 1 is 1.35 bits per heavy atom. The highest BCUT2D eigenvalue weighted by molar-refractivity contribution is 5.82. The van der Waals surface area contributed by atoms with Crippen molar-refractivity contribution in [3.05, 3.63) is 47.2 Å². The van der Waals surface area contributed by atoms with E-state index in [4.69, 9.17) is 0 Å². The molecule has 0 fully saturated rings. The van der Waals surface area contributed by atoms with Gasteiger partial charge in [0, 0.05) is 13.0 Å². The van der Waals surface area contributed by atoms with E-state index in [1.165, 1.54) is 22.3 Å². The number of rotatable bonds is 2. The van der Waals surface area contributed by atoms with Gasteiger partial charge in [-0.3, -0.25) is 4.79 Å². The second-order valence-electron chi connectivity index (χ2n) is 4.89. The Bertz CT molecular complexity index is 476. The zero-order valence-electron chi connectivity index (χ0n) is 10.8. The maximum Gasteiger partial charge on any atom is 0.152 e. The third-order valence-corrected chi connectivity index (χ3v) is 3.69. The normalized spacial score (nSPS) is 18.8. The maximum atomic E-state index is 11.6. The number of benzene rings is 1. The van der Waals surface area contributed by atoms with E-state index in [0.29, 0.717) is 0 Å². The molecule has 0 amide bonds. The molecule has 1 aromatic carbocycles. The summed E-state index contributed by atoms with van der Waals surface area (Å²) in [7, 11) is 0. The second kappa shape index (κ2) is 4.36. The lowest BCUT2D eigenvalue weighted by Crippen LogP contribution is -2.41. The average molecular weight is 229 g/mol. The van der Waals surface area contributed by atoms with E-state index >= 15 is 0 Å². The highest BCUT2D eigenvalue weighted by Gasteiger charge is 2.27. The Morgan fingerprint density at radius 2 is 1.94 bits per heavy atom. The first-order valence-corrected chi connectivity index (χ1v) is 6.00. The van der Waals surface area contributed by atoms with Crippen LogP contribution < -0.4 is 0 Å². The van der Waals surface area contributed by atoms with E-state index in [2.05, 4.69) is 32.6 Å². The van der Waals surface area contributed by atoms with Gasteiger partial charge in [-0.1, -0.05) is 18.7 Å². The number of carbonyl (C=O) groups is 1. The van der Waals surface area contributed by atoms with Crippen molar-refractivity contribution in [2.45, 2.75) is 39.8 Å². The molecule has 2 rings (SSSR count). The quantitative estimate of drug-likeness (QED) is 0.777.